The Bertz CT molecular complexity index is 337. The summed E-state index contributed by atoms with van der Waals surface area (Å²) in [6, 6.07) is 5.47. The molecule has 0 radical (unpaired) electrons. The minimum Gasteiger partial charge on any atom is -0.491 e. The van der Waals surface area contributed by atoms with Gasteiger partial charge in [0, 0.05) is 6.04 Å². The Balaban J connectivity index is 2.33. The first-order valence-corrected chi connectivity index (χ1v) is 6.23. The number of nitrogens with one attached hydrogen (secondary N) is 1. The summed E-state index contributed by atoms with van der Waals surface area (Å²) >= 11 is 0. The highest BCUT2D eigenvalue weighted by molar-refractivity contribution is 5.29. The maximum atomic E-state index is 13.4. The molecule has 1 atom stereocenters. The zero-order valence-electron chi connectivity index (χ0n) is 10.9. The van der Waals surface area contributed by atoms with Gasteiger partial charge in [0.25, 0.3) is 0 Å². The lowest BCUT2D eigenvalue weighted by molar-refractivity contribution is 0.283. The van der Waals surface area contributed by atoms with Crippen molar-refractivity contribution in [1.82, 2.24) is 5.32 Å². The van der Waals surface area contributed by atoms with Gasteiger partial charge in [-0.3, -0.25) is 0 Å². The van der Waals surface area contributed by atoms with Crippen molar-refractivity contribution in [3.8, 4) is 5.75 Å². The molecule has 0 fully saturated rings. The highest BCUT2D eigenvalue weighted by atomic mass is 19.1. The zero-order valence-corrected chi connectivity index (χ0v) is 10.9. The standard InChI is InChI=1S/C14H22FNO/c1-4-12(16-3)6-5-9-17-14-10-11(2)7-8-13(14)15/h7-8,10,12,16H,4-6,9H2,1-3H3. The van der Waals surface area contributed by atoms with Crippen molar-refractivity contribution in [1.29, 1.82) is 0 Å². The van der Waals surface area contributed by atoms with Gasteiger partial charge in [-0.15, -0.1) is 0 Å². The zero-order chi connectivity index (χ0) is 12.7. The van der Waals surface area contributed by atoms with Crippen LogP contribution in [0.4, 0.5) is 4.39 Å². The fourth-order valence-electron chi connectivity index (χ4n) is 1.79. The van der Waals surface area contributed by atoms with Gasteiger partial charge in [0.15, 0.2) is 11.6 Å². The molecule has 0 heterocycles. The molecule has 0 saturated heterocycles. The molecular formula is C14H22FNO. The Morgan fingerprint density at radius 3 is 2.82 bits per heavy atom. The van der Waals surface area contributed by atoms with E-state index in [1.165, 1.54) is 6.07 Å². The van der Waals surface area contributed by atoms with Crippen LogP contribution >= 0.6 is 0 Å². The van der Waals surface area contributed by atoms with E-state index in [0.29, 0.717) is 18.4 Å². The first kappa shape index (κ1) is 14.0. The summed E-state index contributed by atoms with van der Waals surface area (Å²) in [7, 11) is 1.97. The van der Waals surface area contributed by atoms with Gasteiger partial charge in [-0.25, -0.2) is 4.39 Å². The van der Waals surface area contributed by atoms with Gasteiger partial charge in [0.05, 0.1) is 6.61 Å². The normalized spacial score (nSPS) is 12.5. The van der Waals surface area contributed by atoms with Crippen LogP contribution in [0.15, 0.2) is 18.2 Å². The van der Waals surface area contributed by atoms with Gasteiger partial charge >= 0.3 is 0 Å². The number of hydrogen-bond donors (Lipinski definition) is 1. The molecule has 3 heteroatoms. The molecule has 1 aromatic carbocycles. The van der Waals surface area contributed by atoms with E-state index in [4.69, 9.17) is 4.74 Å². The molecule has 0 spiro atoms. The molecule has 0 aromatic heterocycles. The highest BCUT2D eigenvalue weighted by Gasteiger charge is 2.05. The Morgan fingerprint density at radius 1 is 1.41 bits per heavy atom. The summed E-state index contributed by atoms with van der Waals surface area (Å²) in [6.45, 7) is 4.65. The summed E-state index contributed by atoms with van der Waals surface area (Å²) in [6.07, 6.45) is 3.10. The van der Waals surface area contributed by atoms with Gasteiger partial charge in [0.2, 0.25) is 0 Å². The van der Waals surface area contributed by atoms with E-state index in [2.05, 4.69) is 12.2 Å². The number of hydrogen-bond acceptors (Lipinski definition) is 2. The second-order valence-electron chi connectivity index (χ2n) is 4.32. The Hall–Kier alpha value is -1.09. The third kappa shape index (κ3) is 4.73. The van der Waals surface area contributed by atoms with Gasteiger partial charge in [-0.2, -0.15) is 0 Å². The van der Waals surface area contributed by atoms with Gasteiger partial charge < -0.3 is 10.1 Å². The lowest BCUT2D eigenvalue weighted by atomic mass is 10.1. The molecule has 0 aliphatic rings. The summed E-state index contributed by atoms with van der Waals surface area (Å²) < 4.78 is 18.8. The van der Waals surface area contributed by atoms with E-state index in [1.807, 2.05) is 14.0 Å². The van der Waals surface area contributed by atoms with E-state index in [9.17, 15) is 4.39 Å². The molecule has 1 unspecified atom stereocenters. The van der Waals surface area contributed by atoms with Crippen LogP contribution in [0.2, 0.25) is 0 Å². The molecule has 0 aliphatic heterocycles. The van der Waals surface area contributed by atoms with Crippen molar-refractivity contribution in [3.05, 3.63) is 29.6 Å². The van der Waals surface area contributed by atoms with Gasteiger partial charge in [-0.05, 0) is 50.9 Å². The van der Waals surface area contributed by atoms with E-state index >= 15 is 0 Å². The fourth-order valence-corrected chi connectivity index (χ4v) is 1.79. The maximum Gasteiger partial charge on any atom is 0.165 e. The molecule has 1 aromatic rings. The minimum atomic E-state index is -0.281. The molecule has 1 N–H and O–H groups in total. The SMILES string of the molecule is CCC(CCCOc1cc(C)ccc1F)NC. The van der Waals surface area contributed by atoms with Crippen molar-refractivity contribution < 1.29 is 9.13 Å². The molecule has 0 aliphatic carbocycles. The predicted octanol–water partition coefficient (Wildman–Crippen LogP) is 3.29. The Labute approximate surface area is 103 Å². The number of ether oxygens (including phenoxy) is 1. The average Bonchev–Trinajstić information content (AvgIpc) is 2.33. The number of benzene rings is 1. The molecule has 0 bridgehead atoms. The third-order valence-electron chi connectivity index (χ3n) is 2.94. The lowest BCUT2D eigenvalue weighted by Crippen LogP contribution is -2.24. The van der Waals surface area contributed by atoms with Crippen molar-refractivity contribution in [2.45, 2.75) is 39.2 Å². The van der Waals surface area contributed by atoms with Crippen molar-refractivity contribution in [3.63, 3.8) is 0 Å². The van der Waals surface area contributed by atoms with Crippen LogP contribution < -0.4 is 10.1 Å². The van der Waals surface area contributed by atoms with Crippen molar-refractivity contribution in [2.24, 2.45) is 0 Å². The topological polar surface area (TPSA) is 21.3 Å². The van der Waals surface area contributed by atoms with E-state index in [1.54, 1.807) is 12.1 Å². The quantitative estimate of drug-likeness (QED) is 0.737. The number of rotatable bonds is 7. The maximum absolute atomic E-state index is 13.4. The number of halogens is 1. The van der Waals surface area contributed by atoms with E-state index in [-0.39, 0.29) is 5.82 Å². The summed E-state index contributed by atoms with van der Waals surface area (Å²) in [5.74, 6) is 0.0822. The van der Waals surface area contributed by atoms with E-state index < -0.39 is 0 Å². The van der Waals surface area contributed by atoms with Crippen LogP contribution in [-0.4, -0.2) is 19.7 Å². The van der Waals surface area contributed by atoms with Crippen LogP contribution in [0, 0.1) is 12.7 Å². The average molecular weight is 239 g/mol. The monoisotopic (exact) mass is 239 g/mol. The van der Waals surface area contributed by atoms with Crippen LogP contribution in [-0.2, 0) is 0 Å². The lowest BCUT2D eigenvalue weighted by Gasteiger charge is -2.14. The van der Waals surface area contributed by atoms with Crippen LogP contribution in [0.1, 0.15) is 31.7 Å². The summed E-state index contributed by atoms with van der Waals surface area (Å²) in [5, 5.41) is 3.24. The van der Waals surface area contributed by atoms with Crippen LogP contribution in [0.3, 0.4) is 0 Å². The van der Waals surface area contributed by atoms with Crippen molar-refractivity contribution in [2.75, 3.05) is 13.7 Å². The molecule has 0 amide bonds. The van der Waals surface area contributed by atoms with Crippen LogP contribution in [0.25, 0.3) is 0 Å². The fraction of sp³-hybridized carbons (Fsp3) is 0.571. The van der Waals surface area contributed by atoms with Gasteiger partial charge in [-0.1, -0.05) is 13.0 Å². The third-order valence-corrected chi connectivity index (χ3v) is 2.94. The summed E-state index contributed by atoms with van der Waals surface area (Å²) in [5.41, 5.74) is 1.02. The molecule has 17 heavy (non-hydrogen) atoms. The molecule has 1 rings (SSSR count). The highest BCUT2D eigenvalue weighted by Crippen LogP contribution is 2.18. The number of aryl methyl sites for hydroxylation is 1. The molecular weight excluding hydrogens is 217 g/mol. The second kappa shape index (κ2) is 7.28. The minimum absolute atomic E-state index is 0.281. The van der Waals surface area contributed by atoms with Crippen LogP contribution in [0.5, 0.6) is 5.75 Å². The molecule has 96 valence electrons. The largest absolute Gasteiger partial charge is 0.491 e. The predicted molar refractivity (Wildman–Crippen MR) is 69.0 cm³/mol. The van der Waals surface area contributed by atoms with Gasteiger partial charge in [0.1, 0.15) is 0 Å². The smallest absolute Gasteiger partial charge is 0.165 e. The Morgan fingerprint density at radius 2 is 2.18 bits per heavy atom. The van der Waals surface area contributed by atoms with Crippen molar-refractivity contribution >= 4 is 0 Å². The first-order valence-electron chi connectivity index (χ1n) is 6.23. The second-order valence-corrected chi connectivity index (χ2v) is 4.32. The molecule has 2 nitrogen and oxygen atoms in total. The van der Waals surface area contributed by atoms with E-state index in [0.717, 1.165) is 24.8 Å². The first-order chi connectivity index (χ1) is 8.17. The Kier molecular flexibility index (Phi) is 5.98. The molecule has 0 saturated carbocycles. The summed E-state index contributed by atoms with van der Waals surface area (Å²) in [4.78, 5) is 0.